The zero-order valence-electron chi connectivity index (χ0n) is 18.3. The van der Waals surface area contributed by atoms with Crippen LogP contribution in [0.5, 0.6) is 0 Å². The van der Waals surface area contributed by atoms with Crippen molar-refractivity contribution in [3.8, 4) is 11.3 Å². The minimum absolute atomic E-state index is 0.318. The van der Waals surface area contributed by atoms with Gasteiger partial charge >= 0.3 is 0 Å². The van der Waals surface area contributed by atoms with Gasteiger partial charge in [0, 0.05) is 11.5 Å². The number of hydrogen-bond donors (Lipinski definition) is 0. The van der Waals surface area contributed by atoms with E-state index in [1.54, 1.807) is 5.56 Å². The van der Waals surface area contributed by atoms with Gasteiger partial charge in [0.05, 0.1) is 11.4 Å². The van der Waals surface area contributed by atoms with Crippen molar-refractivity contribution < 1.29 is 9.53 Å². The van der Waals surface area contributed by atoms with E-state index in [4.69, 9.17) is 4.98 Å². The highest BCUT2D eigenvalue weighted by Crippen LogP contribution is 2.46. The number of carbonyl (C=O) groups is 1. The Balaban J connectivity index is 0.000000256. The van der Waals surface area contributed by atoms with E-state index in [1.165, 1.54) is 63.3 Å². The fourth-order valence-corrected chi connectivity index (χ4v) is 4.80. The van der Waals surface area contributed by atoms with Crippen LogP contribution in [0.2, 0.25) is 0 Å². The lowest BCUT2D eigenvalue weighted by molar-refractivity contribution is -0.138. The van der Waals surface area contributed by atoms with Crippen LogP contribution in [0.3, 0.4) is 0 Å². The lowest BCUT2D eigenvalue weighted by Crippen LogP contribution is -2.18. The molecular formula is C28H27NO2. The zero-order valence-corrected chi connectivity index (χ0v) is 18.3. The molecule has 3 nitrogen and oxygen atoms in total. The van der Waals surface area contributed by atoms with Gasteiger partial charge in [-0.3, -0.25) is 9.78 Å². The summed E-state index contributed by atoms with van der Waals surface area (Å²) in [6.07, 6.45) is 3.68. The van der Waals surface area contributed by atoms with Gasteiger partial charge in [-0.2, -0.15) is 0 Å². The predicted octanol–water partition coefficient (Wildman–Crippen LogP) is 6.79. The Morgan fingerprint density at radius 1 is 0.935 bits per heavy atom. The average molecular weight is 410 g/mol. The number of aryl methyl sites for hydroxylation is 1. The van der Waals surface area contributed by atoms with Crippen LogP contribution in [0, 0.1) is 0 Å². The van der Waals surface area contributed by atoms with Crippen molar-refractivity contribution in [1.29, 1.82) is 0 Å². The molecule has 31 heavy (non-hydrogen) atoms. The molecule has 0 N–H and O–H groups in total. The van der Waals surface area contributed by atoms with Gasteiger partial charge < -0.3 is 4.74 Å². The van der Waals surface area contributed by atoms with Gasteiger partial charge in [0.25, 0.3) is 6.47 Å². The Kier molecular flexibility index (Phi) is 4.77. The van der Waals surface area contributed by atoms with E-state index in [2.05, 4.69) is 65.4 Å². The number of aromatic nitrogens is 1. The third-order valence-electron chi connectivity index (χ3n) is 6.30. The van der Waals surface area contributed by atoms with Gasteiger partial charge in [0.15, 0.2) is 0 Å². The smallest absolute Gasteiger partial charge is 0.293 e. The highest BCUT2D eigenvalue weighted by Gasteiger charge is 2.31. The molecule has 0 bridgehead atoms. The molecule has 1 atom stereocenters. The predicted molar refractivity (Wildman–Crippen MR) is 126 cm³/mol. The van der Waals surface area contributed by atoms with Crippen LogP contribution in [0.4, 0.5) is 0 Å². The van der Waals surface area contributed by atoms with Crippen molar-refractivity contribution in [3.05, 3.63) is 77.5 Å². The fourth-order valence-electron chi connectivity index (χ4n) is 4.80. The third-order valence-corrected chi connectivity index (χ3v) is 6.30. The first kappa shape index (κ1) is 19.7. The minimum atomic E-state index is -0.318. The monoisotopic (exact) mass is 409 g/mol. The van der Waals surface area contributed by atoms with Gasteiger partial charge in [-0.1, -0.05) is 48.5 Å². The van der Waals surface area contributed by atoms with Crippen LogP contribution in [0.1, 0.15) is 56.4 Å². The number of pyridine rings is 1. The molecule has 1 unspecified atom stereocenters. The largest absolute Gasteiger partial charge is 0.462 e. The Morgan fingerprint density at radius 3 is 2.39 bits per heavy atom. The van der Waals surface area contributed by atoms with Crippen LogP contribution in [-0.2, 0) is 16.0 Å². The lowest BCUT2D eigenvalue weighted by Gasteiger charge is -2.31. The first-order valence-corrected chi connectivity index (χ1v) is 11.0. The molecule has 2 aliphatic carbocycles. The molecule has 0 spiro atoms. The number of fused-ring (bicyclic) bond motifs is 6. The number of rotatable bonds is 2. The van der Waals surface area contributed by atoms with Gasteiger partial charge in [-0.25, -0.2) is 0 Å². The molecule has 0 aromatic heterocycles. The van der Waals surface area contributed by atoms with Crippen LogP contribution in [0.15, 0.2) is 60.7 Å². The number of ether oxygens (including phenoxy) is 1. The molecule has 1 heterocycles. The molecule has 1 aliphatic heterocycles. The summed E-state index contributed by atoms with van der Waals surface area (Å²) in [4.78, 5) is 14.3. The molecule has 0 radical (unpaired) electrons. The van der Waals surface area contributed by atoms with Crippen molar-refractivity contribution in [2.24, 2.45) is 0 Å². The van der Waals surface area contributed by atoms with Crippen LogP contribution in [0.25, 0.3) is 32.8 Å². The van der Waals surface area contributed by atoms with Crippen molar-refractivity contribution in [3.63, 3.8) is 0 Å². The molecule has 3 aliphatic rings. The van der Waals surface area contributed by atoms with Gasteiger partial charge in [-0.15, -0.1) is 0 Å². The van der Waals surface area contributed by atoms with Crippen molar-refractivity contribution in [1.82, 2.24) is 4.98 Å². The van der Waals surface area contributed by atoms with Crippen LogP contribution >= 0.6 is 0 Å². The standard InChI is InChI=1S/C23H17N.C5H10O2/c1-2-5-15-14(4-1)8-9-18-16-6-3-7-20(19(16)11-10-17(15)18)23-21-12-13-22(21)24-23;1-5(2,3)7-4-6/h1-2,4-5,8-13,20H,3,6-7H2;4H,1-3H3. The fraction of sp³-hybridized carbons (Fsp3) is 0.286. The average Bonchev–Trinajstić information content (AvgIpc) is 2.74. The van der Waals surface area contributed by atoms with E-state index in [9.17, 15) is 4.79 Å². The molecule has 6 rings (SSSR count). The number of benzene rings is 3. The van der Waals surface area contributed by atoms with E-state index in [1.807, 2.05) is 20.8 Å². The van der Waals surface area contributed by atoms with Crippen LogP contribution in [-0.4, -0.2) is 17.1 Å². The molecule has 0 saturated heterocycles. The molecule has 0 fully saturated rings. The summed E-state index contributed by atoms with van der Waals surface area (Å²) in [5.41, 5.74) is 6.69. The van der Waals surface area contributed by atoms with E-state index >= 15 is 0 Å². The lowest BCUT2D eigenvalue weighted by atomic mass is 9.75. The maximum absolute atomic E-state index is 9.60. The Morgan fingerprint density at radius 2 is 1.74 bits per heavy atom. The van der Waals surface area contributed by atoms with Crippen molar-refractivity contribution in [2.75, 3.05) is 0 Å². The van der Waals surface area contributed by atoms with E-state index in [0.29, 0.717) is 12.4 Å². The summed E-state index contributed by atoms with van der Waals surface area (Å²) in [5.74, 6) is 0.494. The normalized spacial score (nSPS) is 16.3. The Labute approximate surface area is 183 Å². The second kappa shape index (κ2) is 7.49. The second-order valence-electron chi connectivity index (χ2n) is 9.42. The quantitative estimate of drug-likeness (QED) is 0.238. The number of carbonyl (C=O) groups excluding carboxylic acids is 1. The molecule has 3 aromatic carbocycles. The van der Waals surface area contributed by atoms with Gasteiger partial charge in [0.2, 0.25) is 0 Å². The summed E-state index contributed by atoms with van der Waals surface area (Å²) < 4.78 is 4.55. The van der Waals surface area contributed by atoms with E-state index in [-0.39, 0.29) is 5.60 Å². The van der Waals surface area contributed by atoms with E-state index < -0.39 is 0 Å². The highest BCUT2D eigenvalue weighted by atomic mass is 16.5. The SMILES string of the molecule is CC(C)(C)OC=O.c1ccc2c(c1)ccc1c3c(ccc12)C(c1nc2ccc1-2)CCC3. The molecule has 3 aromatic rings. The number of hydrogen-bond acceptors (Lipinski definition) is 3. The molecule has 0 saturated carbocycles. The summed E-state index contributed by atoms with van der Waals surface area (Å²) in [5, 5.41) is 5.53. The summed E-state index contributed by atoms with van der Waals surface area (Å²) in [6, 6.07) is 22.4. The maximum Gasteiger partial charge on any atom is 0.293 e. The first-order chi connectivity index (χ1) is 15.0. The third kappa shape index (κ3) is 3.48. The highest BCUT2D eigenvalue weighted by molar-refractivity contribution is 6.08. The topological polar surface area (TPSA) is 39.2 Å². The summed E-state index contributed by atoms with van der Waals surface area (Å²) >= 11 is 0. The van der Waals surface area contributed by atoms with Gasteiger partial charge in [0.1, 0.15) is 5.60 Å². The van der Waals surface area contributed by atoms with Crippen molar-refractivity contribution in [2.45, 2.75) is 51.6 Å². The zero-order chi connectivity index (χ0) is 21.6. The van der Waals surface area contributed by atoms with Crippen LogP contribution < -0.4 is 0 Å². The summed E-state index contributed by atoms with van der Waals surface area (Å²) in [6.45, 7) is 5.92. The molecule has 156 valence electrons. The minimum Gasteiger partial charge on any atom is -0.462 e. The molecular weight excluding hydrogens is 382 g/mol. The Hall–Kier alpha value is -3.20. The van der Waals surface area contributed by atoms with E-state index in [0.717, 1.165) is 0 Å². The first-order valence-electron chi connectivity index (χ1n) is 11.0. The second-order valence-corrected chi connectivity index (χ2v) is 9.42. The van der Waals surface area contributed by atoms with Crippen molar-refractivity contribution >= 4 is 28.0 Å². The van der Waals surface area contributed by atoms with Gasteiger partial charge in [-0.05, 0) is 84.8 Å². The Bertz CT molecular complexity index is 1300. The summed E-state index contributed by atoms with van der Waals surface area (Å²) in [7, 11) is 0. The molecule has 3 heteroatoms. The number of nitrogens with zero attached hydrogens (tertiary/aromatic N) is 1. The maximum atomic E-state index is 9.60. The molecule has 0 amide bonds.